The van der Waals surface area contributed by atoms with Crippen molar-refractivity contribution >= 4 is 6.09 Å². The molecule has 0 saturated heterocycles. The first-order chi connectivity index (χ1) is 9.28. The number of nitrogens with zero attached hydrogens (tertiary/aromatic N) is 1. The van der Waals surface area contributed by atoms with Crippen molar-refractivity contribution < 1.29 is 9.53 Å². The van der Waals surface area contributed by atoms with Crippen LogP contribution in [0, 0.1) is 0 Å². The van der Waals surface area contributed by atoms with Gasteiger partial charge in [0.25, 0.3) is 0 Å². The molecule has 20 heavy (non-hydrogen) atoms. The van der Waals surface area contributed by atoms with Gasteiger partial charge in [0, 0.05) is 19.1 Å². The number of hydrogen-bond acceptors (Lipinski definition) is 4. The minimum Gasteiger partial charge on any atom is -0.444 e. The monoisotopic (exact) mass is 287 g/mol. The number of ether oxygens (including phenoxy) is 1. The fourth-order valence-corrected chi connectivity index (χ4v) is 1.88. The second kappa shape index (κ2) is 10.00. The maximum Gasteiger partial charge on any atom is 0.407 e. The minimum atomic E-state index is -0.430. The summed E-state index contributed by atoms with van der Waals surface area (Å²) in [5.41, 5.74) is -0.430. The van der Waals surface area contributed by atoms with Crippen molar-refractivity contribution in [2.45, 2.75) is 59.6 Å². The van der Waals surface area contributed by atoms with Crippen LogP contribution in [0.4, 0.5) is 4.79 Å². The molecule has 0 aliphatic heterocycles. The maximum absolute atomic E-state index is 11.4. The number of nitrogens with one attached hydrogen (secondary N) is 2. The van der Waals surface area contributed by atoms with E-state index in [0.717, 1.165) is 32.6 Å². The van der Waals surface area contributed by atoms with E-state index in [1.807, 2.05) is 20.8 Å². The van der Waals surface area contributed by atoms with Gasteiger partial charge >= 0.3 is 6.09 Å². The average Bonchev–Trinajstić information content (AvgIpc) is 2.33. The van der Waals surface area contributed by atoms with Crippen LogP contribution in [0.5, 0.6) is 0 Å². The third-order valence-electron chi connectivity index (χ3n) is 2.94. The molecule has 0 radical (unpaired) electrons. The van der Waals surface area contributed by atoms with E-state index in [1.165, 1.54) is 0 Å². The van der Waals surface area contributed by atoms with Crippen LogP contribution < -0.4 is 10.6 Å². The fourth-order valence-electron chi connectivity index (χ4n) is 1.88. The Labute approximate surface area is 124 Å². The Morgan fingerprint density at radius 1 is 1.20 bits per heavy atom. The number of rotatable bonds is 9. The van der Waals surface area contributed by atoms with E-state index < -0.39 is 5.60 Å². The quantitative estimate of drug-likeness (QED) is 0.639. The van der Waals surface area contributed by atoms with Crippen molar-refractivity contribution in [1.82, 2.24) is 15.5 Å². The predicted octanol–water partition coefficient (Wildman–Crippen LogP) is 2.22. The lowest BCUT2D eigenvalue weighted by Gasteiger charge is -2.23. The van der Waals surface area contributed by atoms with Gasteiger partial charge in [-0.05, 0) is 53.8 Å². The first-order valence-corrected chi connectivity index (χ1v) is 7.71. The molecule has 0 aliphatic carbocycles. The molecule has 0 aromatic rings. The topological polar surface area (TPSA) is 53.6 Å². The molecular weight excluding hydrogens is 254 g/mol. The number of alkyl carbamates (subject to hydrolysis) is 1. The maximum atomic E-state index is 11.4. The van der Waals surface area contributed by atoms with E-state index >= 15 is 0 Å². The number of carbonyl (C=O) groups is 1. The van der Waals surface area contributed by atoms with E-state index in [1.54, 1.807) is 0 Å². The summed E-state index contributed by atoms with van der Waals surface area (Å²) in [5.74, 6) is 0. The molecule has 0 spiro atoms. The van der Waals surface area contributed by atoms with Gasteiger partial charge in [-0.25, -0.2) is 4.79 Å². The van der Waals surface area contributed by atoms with E-state index in [2.05, 4.69) is 36.3 Å². The minimum absolute atomic E-state index is 0.339. The Balaban J connectivity index is 3.59. The second-order valence-corrected chi connectivity index (χ2v) is 6.12. The summed E-state index contributed by atoms with van der Waals surface area (Å²) in [4.78, 5) is 13.8. The summed E-state index contributed by atoms with van der Waals surface area (Å²) in [5, 5.41) is 6.23. The molecule has 0 heterocycles. The van der Waals surface area contributed by atoms with Gasteiger partial charge in [-0.2, -0.15) is 0 Å². The summed E-state index contributed by atoms with van der Waals surface area (Å²) in [7, 11) is 0. The zero-order valence-electron chi connectivity index (χ0n) is 14.1. The Morgan fingerprint density at radius 2 is 1.80 bits per heavy atom. The summed E-state index contributed by atoms with van der Waals surface area (Å²) in [6.07, 6.45) is 0.565. The molecule has 1 unspecified atom stereocenters. The number of likely N-dealkylation sites (N-methyl/N-ethyl adjacent to an activating group) is 1. The van der Waals surface area contributed by atoms with Crippen LogP contribution in [0.1, 0.15) is 48.0 Å². The lowest BCUT2D eigenvalue weighted by molar-refractivity contribution is 0.0527. The first kappa shape index (κ1) is 19.2. The van der Waals surface area contributed by atoms with E-state index in [-0.39, 0.29) is 6.09 Å². The average molecular weight is 287 g/mol. The van der Waals surface area contributed by atoms with Crippen LogP contribution >= 0.6 is 0 Å². The summed E-state index contributed by atoms with van der Waals surface area (Å²) in [6, 6.07) is 0.469. The van der Waals surface area contributed by atoms with Gasteiger partial charge in [0.15, 0.2) is 0 Å². The molecule has 0 aromatic heterocycles. The molecule has 0 saturated carbocycles. The molecule has 0 aromatic carbocycles. The largest absolute Gasteiger partial charge is 0.444 e. The molecule has 5 nitrogen and oxygen atoms in total. The van der Waals surface area contributed by atoms with Gasteiger partial charge < -0.3 is 20.3 Å². The van der Waals surface area contributed by atoms with E-state index in [4.69, 9.17) is 4.74 Å². The van der Waals surface area contributed by atoms with Crippen LogP contribution in [0.2, 0.25) is 0 Å². The third kappa shape index (κ3) is 11.1. The Kier molecular flexibility index (Phi) is 9.59. The highest BCUT2D eigenvalue weighted by molar-refractivity contribution is 5.67. The normalized spacial score (nSPS) is 13.3. The number of amides is 1. The van der Waals surface area contributed by atoms with Crippen LogP contribution in [-0.4, -0.2) is 55.4 Å². The van der Waals surface area contributed by atoms with Gasteiger partial charge in [0.05, 0.1) is 0 Å². The zero-order chi connectivity index (χ0) is 15.6. The molecule has 1 amide bonds. The summed E-state index contributed by atoms with van der Waals surface area (Å²) < 4.78 is 5.17. The first-order valence-electron chi connectivity index (χ1n) is 7.71. The van der Waals surface area contributed by atoms with Crippen molar-refractivity contribution in [3.63, 3.8) is 0 Å². The molecule has 0 aliphatic rings. The van der Waals surface area contributed by atoms with Crippen LogP contribution in [0.3, 0.4) is 0 Å². The Morgan fingerprint density at radius 3 is 2.30 bits per heavy atom. The lowest BCUT2D eigenvalue weighted by Crippen LogP contribution is -2.40. The van der Waals surface area contributed by atoms with E-state index in [9.17, 15) is 4.79 Å². The lowest BCUT2D eigenvalue weighted by atomic mass is 10.2. The van der Waals surface area contributed by atoms with Gasteiger partial charge in [-0.3, -0.25) is 0 Å². The van der Waals surface area contributed by atoms with Gasteiger partial charge in [0.1, 0.15) is 5.60 Å². The standard InChI is InChI=1S/C15H33N3O2/c1-7-18(8-2)12-13(3)16-10-9-11-17-14(19)20-15(4,5)6/h13,16H,7-12H2,1-6H3,(H,17,19). The molecule has 0 rings (SSSR count). The second-order valence-electron chi connectivity index (χ2n) is 6.12. The van der Waals surface area contributed by atoms with Gasteiger partial charge in [-0.15, -0.1) is 0 Å². The van der Waals surface area contributed by atoms with Gasteiger partial charge in [0.2, 0.25) is 0 Å². The van der Waals surface area contributed by atoms with Crippen LogP contribution in [0.25, 0.3) is 0 Å². The van der Waals surface area contributed by atoms with Crippen molar-refractivity contribution in [1.29, 1.82) is 0 Å². The predicted molar refractivity (Wildman–Crippen MR) is 84.1 cm³/mol. The van der Waals surface area contributed by atoms with Gasteiger partial charge in [-0.1, -0.05) is 13.8 Å². The molecular formula is C15H33N3O2. The summed E-state index contributed by atoms with van der Waals surface area (Å²) in [6.45, 7) is 16.9. The van der Waals surface area contributed by atoms with Crippen LogP contribution in [0.15, 0.2) is 0 Å². The van der Waals surface area contributed by atoms with Crippen molar-refractivity contribution in [2.24, 2.45) is 0 Å². The van der Waals surface area contributed by atoms with Crippen molar-refractivity contribution in [2.75, 3.05) is 32.7 Å². The molecule has 1 atom stereocenters. The summed E-state index contributed by atoms with van der Waals surface area (Å²) >= 11 is 0. The number of hydrogen-bond donors (Lipinski definition) is 2. The molecule has 5 heteroatoms. The highest BCUT2D eigenvalue weighted by atomic mass is 16.6. The Bertz CT molecular complexity index is 260. The van der Waals surface area contributed by atoms with Crippen LogP contribution in [-0.2, 0) is 4.74 Å². The molecule has 0 bridgehead atoms. The molecule has 120 valence electrons. The van der Waals surface area contributed by atoms with E-state index in [0.29, 0.717) is 12.6 Å². The van der Waals surface area contributed by atoms with Crippen molar-refractivity contribution in [3.8, 4) is 0 Å². The SMILES string of the molecule is CCN(CC)CC(C)NCCCNC(=O)OC(C)(C)C. The molecule has 2 N–H and O–H groups in total. The highest BCUT2D eigenvalue weighted by Crippen LogP contribution is 2.06. The third-order valence-corrected chi connectivity index (χ3v) is 2.94. The smallest absolute Gasteiger partial charge is 0.407 e. The highest BCUT2D eigenvalue weighted by Gasteiger charge is 2.15. The van der Waals surface area contributed by atoms with Crippen molar-refractivity contribution in [3.05, 3.63) is 0 Å². The Hall–Kier alpha value is -0.810. The zero-order valence-corrected chi connectivity index (χ0v) is 14.1. The fraction of sp³-hybridized carbons (Fsp3) is 0.933. The molecule has 0 fully saturated rings. The number of carbonyl (C=O) groups excluding carboxylic acids is 1.